The van der Waals surface area contributed by atoms with Crippen molar-refractivity contribution >= 4 is 65.0 Å². The van der Waals surface area contributed by atoms with Gasteiger partial charge in [-0.15, -0.1) is 11.3 Å². The SMILES string of the molecule is c1ccc(-c2nc(-c3ccc4c(ccc5ccccc54)c3)nc(-c3cccc4oc5cc6sc(-c7ccccc7)nc6cc5c34)n2)cc1. The number of rotatable bonds is 4. The molecule has 7 aromatic carbocycles. The molecule has 0 saturated carbocycles. The molecular weight excluding hydrogens is 609 g/mol. The fourth-order valence-electron chi connectivity index (χ4n) is 6.63. The van der Waals surface area contributed by atoms with Gasteiger partial charge in [0, 0.05) is 39.1 Å². The van der Waals surface area contributed by atoms with Crippen LogP contribution in [0.25, 0.3) is 98.4 Å². The zero-order valence-electron chi connectivity index (χ0n) is 25.5. The van der Waals surface area contributed by atoms with Gasteiger partial charge in [-0.05, 0) is 39.7 Å². The number of benzene rings is 7. The number of nitrogens with zero attached hydrogens (tertiary/aromatic N) is 4. The zero-order chi connectivity index (χ0) is 31.6. The van der Waals surface area contributed by atoms with E-state index in [1.54, 1.807) is 11.3 Å². The average molecular weight is 633 g/mol. The number of hydrogen-bond acceptors (Lipinski definition) is 6. The van der Waals surface area contributed by atoms with Crippen LogP contribution in [-0.2, 0) is 0 Å². The van der Waals surface area contributed by atoms with Crippen LogP contribution in [0.3, 0.4) is 0 Å². The summed E-state index contributed by atoms with van der Waals surface area (Å²) in [5.41, 5.74) is 6.38. The molecule has 0 bridgehead atoms. The van der Waals surface area contributed by atoms with Crippen molar-refractivity contribution in [3.8, 4) is 44.7 Å². The van der Waals surface area contributed by atoms with Gasteiger partial charge < -0.3 is 4.42 Å². The number of hydrogen-bond donors (Lipinski definition) is 0. The molecule has 3 aromatic heterocycles. The maximum absolute atomic E-state index is 6.46. The molecule has 0 fully saturated rings. The van der Waals surface area contributed by atoms with Gasteiger partial charge in [0.2, 0.25) is 0 Å². The Bertz CT molecular complexity index is 2840. The smallest absolute Gasteiger partial charge is 0.164 e. The number of furan rings is 1. The lowest BCUT2D eigenvalue weighted by atomic mass is 10.00. The first-order chi connectivity index (χ1) is 23.7. The van der Waals surface area contributed by atoms with Gasteiger partial charge in [-0.3, -0.25) is 0 Å². The first-order valence-electron chi connectivity index (χ1n) is 15.8. The molecule has 0 atom stereocenters. The summed E-state index contributed by atoms with van der Waals surface area (Å²) in [5, 5.41) is 7.72. The third-order valence-electron chi connectivity index (χ3n) is 8.94. The molecule has 0 spiro atoms. The van der Waals surface area contributed by atoms with Crippen molar-refractivity contribution in [2.24, 2.45) is 0 Å². The minimum Gasteiger partial charge on any atom is -0.456 e. The van der Waals surface area contributed by atoms with Crippen LogP contribution >= 0.6 is 11.3 Å². The molecule has 0 amide bonds. The Morgan fingerprint density at radius 2 is 1.15 bits per heavy atom. The monoisotopic (exact) mass is 632 g/mol. The molecule has 0 aliphatic carbocycles. The Hall–Kier alpha value is -6.24. The molecule has 10 rings (SSSR count). The van der Waals surface area contributed by atoms with Gasteiger partial charge >= 0.3 is 0 Å². The summed E-state index contributed by atoms with van der Waals surface area (Å²) in [7, 11) is 0. The summed E-state index contributed by atoms with van der Waals surface area (Å²) in [4.78, 5) is 20.2. The van der Waals surface area contributed by atoms with Crippen LogP contribution in [0.5, 0.6) is 0 Å². The molecule has 0 saturated heterocycles. The summed E-state index contributed by atoms with van der Waals surface area (Å²) in [6.07, 6.45) is 0. The molecule has 6 heteroatoms. The Morgan fingerprint density at radius 3 is 2.00 bits per heavy atom. The fourth-order valence-corrected chi connectivity index (χ4v) is 7.61. The summed E-state index contributed by atoms with van der Waals surface area (Å²) < 4.78 is 7.54. The van der Waals surface area contributed by atoms with E-state index < -0.39 is 0 Å². The minimum absolute atomic E-state index is 0.592. The van der Waals surface area contributed by atoms with E-state index in [4.69, 9.17) is 24.4 Å². The maximum atomic E-state index is 6.46. The molecule has 5 nitrogen and oxygen atoms in total. The lowest BCUT2D eigenvalue weighted by Crippen LogP contribution is -2.00. The standard InChI is InChI=1S/C42H24N4OS/c1-3-11-26(12-4-1)39-44-40(29-20-21-31-28(22-29)19-18-25-10-7-8-15-30(25)31)46-41(45-39)32-16-9-17-35-38(32)33-23-34-37(24-36(33)47-35)48-42(43-34)27-13-5-2-6-14-27/h1-24H. The van der Waals surface area contributed by atoms with Crippen LogP contribution in [0.4, 0.5) is 0 Å². The Balaban J connectivity index is 1.18. The molecule has 0 radical (unpaired) electrons. The van der Waals surface area contributed by atoms with Gasteiger partial charge in [0.1, 0.15) is 16.2 Å². The van der Waals surface area contributed by atoms with Crippen molar-refractivity contribution < 1.29 is 4.42 Å². The largest absolute Gasteiger partial charge is 0.456 e. The van der Waals surface area contributed by atoms with Crippen LogP contribution in [0.1, 0.15) is 0 Å². The molecule has 0 aliphatic rings. The van der Waals surface area contributed by atoms with Gasteiger partial charge in [0.15, 0.2) is 17.5 Å². The molecule has 224 valence electrons. The van der Waals surface area contributed by atoms with E-state index in [0.29, 0.717) is 17.5 Å². The highest BCUT2D eigenvalue weighted by Gasteiger charge is 2.19. The van der Waals surface area contributed by atoms with Crippen molar-refractivity contribution in [3.05, 3.63) is 146 Å². The third-order valence-corrected chi connectivity index (χ3v) is 10.0. The zero-order valence-corrected chi connectivity index (χ0v) is 26.3. The second kappa shape index (κ2) is 10.7. The molecule has 48 heavy (non-hydrogen) atoms. The second-order valence-corrected chi connectivity index (χ2v) is 12.9. The summed E-state index contributed by atoms with van der Waals surface area (Å²) in [5.74, 6) is 1.83. The fraction of sp³-hybridized carbons (Fsp3) is 0. The van der Waals surface area contributed by atoms with E-state index in [0.717, 1.165) is 64.8 Å². The summed E-state index contributed by atoms with van der Waals surface area (Å²) in [6, 6.07) is 50.0. The molecule has 0 N–H and O–H groups in total. The topological polar surface area (TPSA) is 64.7 Å². The summed E-state index contributed by atoms with van der Waals surface area (Å²) in [6.45, 7) is 0. The number of fused-ring (bicyclic) bond motifs is 7. The van der Waals surface area contributed by atoms with Crippen LogP contribution in [-0.4, -0.2) is 19.9 Å². The van der Waals surface area contributed by atoms with Crippen LogP contribution in [0.2, 0.25) is 0 Å². The Morgan fingerprint density at radius 1 is 0.438 bits per heavy atom. The quantitative estimate of drug-likeness (QED) is 0.181. The highest BCUT2D eigenvalue weighted by Crippen LogP contribution is 2.40. The van der Waals surface area contributed by atoms with E-state index in [-0.39, 0.29) is 0 Å². The first kappa shape index (κ1) is 26.9. The average Bonchev–Trinajstić information content (AvgIpc) is 3.74. The second-order valence-electron chi connectivity index (χ2n) is 11.9. The number of thiazole rings is 1. The van der Waals surface area contributed by atoms with Crippen molar-refractivity contribution in [3.63, 3.8) is 0 Å². The van der Waals surface area contributed by atoms with Crippen molar-refractivity contribution in [2.75, 3.05) is 0 Å². The van der Waals surface area contributed by atoms with Gasteiger partial charge in [-0.1, -0.05) is 121 Å². The highest BCUT2D eigenvalue weighted by molar-refractivity contribution is 7.21. The third kappa shape index (κ3) is 4.38. The van der Waals surface area contributed by atoms with Gasteiger partial charge in [0.05, 0.1) is 10.2 Å². The van der Waals surface area contributed by atoms with Crippen LogP contribution in [0, 0.1) is 0 Å². The number of aromatic nitrogens is 4. The van der Waals surface area contributed by atoms with E-state index in [1.165, 1.54) is 16.2 Å². The predicted molar refractivity (Wildman–Crippen MR) is 197 cm³/mol. The van der Waals surface area contributed by atoms with Crippen molar-refractivity contribution in [1.82, 2.24) is 19.9 Å². The maximum Gasteiger partial charge on any atom is 0.164 e. The summed E-state index contributed by atoms with van der Waals surface area (Å²) >= 11 is 1.67. The van der Waals surface area contributed by atoms with Crippen molar-refractivity contribution in [1.29, 1.82) is 0 Å². The van der Waals surface area contributed by atoms with E-state index >= 15 is 0 Å². The molecule has 0 aliphatic heterocycles. The van der Waals surface area contributed by atoms with Crippen molar-refractivity contribution in [2.45, 2.75) is 0 Å². The van der Waals surface area contributed by atoms with Gasteiger partial charge in [-0.25, -0.2) is 19.9 Å². The first-order valence-corrected chi connectivity index (χ1v) is 16.6. The van der Waals surface area contributed by atoms with Crippen LogP contribution < -0.4 is 0 Å². The highest BCUT2D eigenvalue weighted by atomic mass is 32.1. The van der Waals surface area contributed by atoms with E-state index in [1.807, 2.05) is 60.7 Å². The molecule has 3 heterocycles. The minimum atomic E-state index is 0.592. The van der Waals surface area contributed by atoms with Gasteiger partial charge in [0.25, 0.3) is 0 Å². The lowest BCUT2D eigenvalue weighted by Gasteiger charge is -2.10. The molecular formula is C42H24N4OS. The van der Waals surface area contributed by atoms with E-state index in [2.05, 4.69) is 84.9 Å². The molecule has 0 unspecified atom stereocenters. The lowest BCUT2D eigenvalue weighted by molar-refractivity contribution is 0.669. The Kier molecular flexibility index (Phi) is 5.98. The Labute approximate surface area is 278 Å². The normalized spacial score (nSPS) is 11.8. The van der Waals surface area contributed by atoms with Crippen LogP contribution in [0.15, 0.2) is 150 Å². The van der Waals surface area contributed by atoms with Gasteiger partial charge in [-0.2, -0.15) is 0 Å². The predicted octanol–water partition coefficient (Wildman–Crippen LogP) is 11.4. The molecule has 10 aromatic rings. The van der Waals surface area contributed by atoms with E-state index in [9.17, 15) is 0 Å².